The zero-order valence-corrected chi connectivity index (χ0v) is 12.2. The molecule has 0 radical (unpaired) electrons. The number of para-hydroxylation sites is 1. The molecular formula is C15H20ClN3O. The normalized spacial score (nSPS) is 16.1. The van der Waals surface area contributed by atoms with Gasteiger partial charge in [0.15, 0.2) is 6.04 Å². The third-order valence-electron chi connectivity index (χ3n) is 3.91. The first-order valence-corrected chi connectivity index (χ1v) is 6.92. The van der Waals surface area contributed by atoms with Gasteiger partial charge in [-0.15, -0.1) is 0 Å². The van der Waals surface area contributed by atoms with Crippen LogP contribution >= 0.6 is 0 Å². The van der Waals surface area contributed by atoms with E-state index in [0.29, 0.717) is 6.42 Å². The molecule has 4 nitrogen and oxygen atoms in total. The van der Waals surface area contributed by atoms with Gasteiger partial charge in [0.2, 0.25) is 0 Å². The summed E-state index contributed by atoms with van der Waals surface area (Å²) in [5, 5.41) is 1.20. The van der Waals surface area contributed by atoms with Gasteiger partial charge in [0.1, 0.15) is 0 Å². The summed E-state index contributed by atoms with van der Waals surface area (Å²) in [7, 11) is 0. The first-order valence-electron chi connectivity index (χ1n) is 6.92. The molecule has 1 atom stereocenters. The predicted octanol–water partition coefficient (Wildman–Crippen LogP) is -2.05. The highest BCUT2D eigenvalue weighted by molar-refractivity contribution is 5.85. The van der Waals surface area contributed by atoms with Crippen LogP contribution in [0.4, 0.5) is 0 Å². The molecule has 0 bridgehead atoms. The van der Waals surface area contributed by atoms with Gasteiger partial charge in [-0.3, -0.25) is 4.79 Å². The Bertz CT molecular complexity index is 590. The number of likely N-dealkylation sites (tertiary alicyclic amines) is 1. The number of halogens is 1. The van der Waals surface area contributed by atoms with E-state index in [9.17, 15) is 4.79 Å². The molecule has 1 saturated heterocycles. The highest BCUT2D eigenvalue weighted by Crippen LogP contribution is 2.19. The molecule has 1 aromatic heterocycles. The van der Waals surface area contributed by atoms with Crippen LogP contribution in [-0.4, -0.2) is 34.9 Å². The van der Waals surface area contributed by atoms with Crippen molar-refractivity contribution in [1.29, 1.82) is 0 Å². The fraction of sp³-hybridized carbons (Fsp3) is 0.400. The van der Waals surface area contributed by atoms with Gasteiger partial charge >= 0.3 is 0 Å². The molecule has 2 aromatic rings. The SMILES string of the molecule is [Cl-].[NH3+][C@@H](Cc1c[nH]c2ccccc12)C(=O)N1CCCC1. The molecule has 2 heterocycles. The number of quaternary nitrogens is 1. The van der Waals surface area contributed by atoms with Gasteiger partial charge in [0.05, 0.1) is 0 Å². The van der Waals surface area contributed by atoms with Crippen molar-refractivity contribution in [3.05, 3.63) is 36.0 Å². The van der Waals surface area contributed by atoms with Gasteiger partial charge in [-0.1, -0.05) is 18.2 Å². The number of rotatable bonds is 3. The Labute approximate surface area is 124 Å². The minimum absolute atomic E-state index is 0. The topological polar surface area (TPSA) is 63.7 Å². The van der Waals surface area contributed by atoms with Crippen LogP contribution in [0.25, 0.3) is 10.9 Å². The van der Waals surface area contributed by atoms with Crippen LogP contribution in [0, 0.1) is 0 Å². The molecule has 0 aliphatic carbocycles. The zero-order chi connectivity index (χ0) is 13.2. The number of carbonyl (C=O) groups excluding carboxylic acids is 1. The minimum Gasteiger partial charge on any atom is -1.00 e. The first kappa shape index (κ1) is 14.9. The van der Waals surface area contributed by atoms with Gasteiger partial charge < -0.3 is 28.0 Å². The highest BCUT2D eigenvalue weighted by Gasteiger charge is 2.26. The van der Waals surface area contributed by atoms with Crippen LogP contribution in [0.5, 0.6) is 0 Å². The van der Waals surface area contributed by atoms with E-state index < -0.39 is 0 Å². The molecule has 3 rings (SSSR count). The van der Waals surface area contributed by atoms with E-state index in [1.54, 1.807) is 0 Å². The molecule has 1 aromatic carbocycles. The molecule has 1 aliphatic rings. The summed E-state index contributed by atoms with van der Waals surface area (Å²) in [5.74, 6) is 0.197. The third kappa shape index (κ3) is 2.81. The third-order valence-corrected chi connectivity index (χ3v) is 3.91. The van der Waals surface area contributed by atoms with E-state index in [4.69, 9.17) is 0 Å². The van der Waals surface area contributed by atoms with Crippen molar-refractivity contribution in [2.24, 2.45) is 0 Å². The number of aromatic nitrogens is 1. The maximum Gasteiger partial charge on any atom is 0.281 e. The summed E-state index contributed by atoms with van der Waals surface area (Å²) in [6, 6.07) is 8.00. The maximum atomic E-state index is 12.3. The van der Waals surface area contributed by atoms with Crippen molar-refractivity contribution in [2.45, 2.75) is 25.3 Å². The summed E-state index contributed by atoms with van der Waals surface area (Å²) >= 11 is 0. The number of aromatic amines is 1. The summed E-state index contributed by atoms with van der Waals surface area (Å²) in [5.41, 5.74) is 6.37. The van der Waals surface area contributed by atoms with Crippen molar-refractivity contribution in [2.75, 3.05) is 13.1 Å². The number of fused-ring (bicyclic) bond motifs is 1. The van der Waals surface area contributed by atoms with Crippen LogP contribution in [0.3, 0.4) is 0 Å². The van der Waals surface area contributed by atoms with Gasteiger partial charge in [0, 0.05) is 36.6 Å². The Morgan fingerprint density at radius 3 is 2.75 bits per heavy atom. The number of hydrogen-bond donors (Lipinski definition) is 2. The van der Waals surface area contributed by atoms with Crippen LogP contribution in [-0.2, 0) is 11.2 Å². The largest absolute Gasteiger partial charge is 1.00 e. The van der Waals surface area contributed by atoms with Gasteiger partial charge in [-0.25, -0.2) is 0 Å². The summed E-state index contributed by atoms with van der Waals surface area (Å²) < 4.78 is 0. The highest BCUT2D eigenvalue weighted by atomic mass is 35.5. The Morgan fingerprint density at radius 1 is 1.30 bits per heavy atom. The van der Waals surface area contributed by atoms with E-state index in [1.165, 1.54) is 10.9 Å². The predicted molar refractivity (Wildman–Crippen MR) is 74.5 cm³/mol. The summed E-state index contributed by atoms with van der Waals surface area (Å²) in [4.78, 5) is 17.5. The minimum atomic E-state index is -0.183. The molecule has 5 heteroatoms. The lowest BCUT2D eigenvalue weighted by Gasteiger charge is -2.17. The lowest BCUT2D eigenvalue weighted by atomic mass is 10.0. The van der Waals surface area contributed by atoms with Gasteiger partial charge in [-0.2, -0.15) is 0 Å². The second-order valence-corrected chi connectivity index (χ2v) is 5.29. The Hall–Kier alpha value is -1.52. The standard InChI is InChI=1S/C15H19N3O.ClH/c16-13(15(19)18-7-3-4-8-18)9-11-10-17-14-6-2-1-5-12(11)14;/h1-2,5-6,10,13,17H,3-4,7-9,16H2;1H/t13-;/m0./s1. The number of carbonyl (C=O) groups is 1. The monoisotopic (exact) mass is 293 g/mol. The van der Waals surface area contributed by atoms with Crippen LogP contribution in [0.15, 0.2) is 30.5 Å². The number of nitrogens with one attached hydrogen (secondary N) is 1. The first-order chi connectivity index (χ1) is 9.25. The molecule has 20 heavy (non-hydrogen) atoms. The number of H-pyrrole nitrogens is 1. The van der Waals surface area contributed by atoms with E-state index in [0.717, 1.165) is 31.4 Å². The molecule has 4 N–H and O–H groups in total. The Morgan fingerprint density at radius 2 is 2.00 bits per heavy atom. The summed E-state index contributed by atoms with van der Waals surface area (Å²) in [6.45, 7) is 1.80. The Balaban J connectivity index is 0.00000147. The van der Waals surface area contributed by atoms with E-state index >= 15 is 0 Å². The lowest BCUT2D eigenvalue weighted by Crippen LogP contribution is -3.00. The molecule has 1 amide bonds. The van der Waals surface area contributed by atoms with E-state index in [1.807, 2.05) is 23.2 Å². The van der Waals surface area contributed by atoms with Crippen molar-refractivity contribution >= 4 is 16.8 Å². The van der Waals surface area contributed by atoms with Gasteiger partial charge in [0.25, 0.3) is 5.91 Å². The molecule has 1 fully saturated rings. The lowest BCUT2D eigenvalue weighted by molar-refractivity contribution is -0.405. The fourth-order valence-electron chi connectivity index (χ4n) is 2.85. The molecule has 0 spiro atoms. The fourth-order valence-corrected chi connectivity index (χ4v) is 2.85. The molecule has 1 aliphatic heterocycles. The number of amides is 1. The second-order valence-electron chi connectivity index (χ2n) is 5.29. The van der Waals surface area contributed by atoms with E-state index in [-0.39, 0.29) is 24.4 Å². The second kappa shape index (κ2) is 6.29. The quantitative estimate of drug-likeness (QED) is 0.672. The van der Waals surface area contributed by atoms with Crippen molar-refractivity contribution in [3.63, 3.8) is 0 Å². The smallest absolute Gasteiger partial charge is 0.281 e. The average Bonchev–Trinajstić information content (AvgIpc) is 3.08. The molecule has 0 unspecified atom stereocenters. The van der Waals surface area contributed by atoms with Gasteiger partial charge in [-0.05, 0) is 24.5 Å². The van der Waals surface area contributed by atoms with Crippen molar-refractivity contribution in [3.8, 4) is 0 Å². The molecular weight excluding hydrogens is 274 g/mol. The molecule has 108 valence electrons. The maximum absolute atomic E-state index is 12.3. The number of nitrogens with zero attached hydrogens (tertiary/aromatic N) is 1. The van der Waals surface area contributed by atoms with Crippen molar-refractivity contribution < 1.29 is 22.9 Å². The van der Waals surface area contributed by atoms with Crippen LogP contribution in [0.2, 0.25) is 0 Å². The average molecular weight is 294 g/mol. The Kier molecular flexibility index (Phi) is 4.68. The van der Waals surface area contributed by atoms with Crippen molar-refractivity contribution in [1.82, 2.24) is 9.88 Å². The van der Waals surface area contributed by atoms with Crippen LogP contribution < -0.4 is 18.1 Å². The zero-order valence-electron chi connectivity index (χ0n) is 11.4. The molecule has 0 saturated carbocycles. The van der Waals surface area contributed by atoms with E-state index in [2.05, 4.69) is 22.9 Å². The number of benzene rings is 1. The summed E-state index contributed by atoms with van der Waals surface area (Å²) in [6.07, 6.45) is 4.97. The van der Waals surface area contributed by atoms with Crippen LogP contribution in [0.1, 0.15) is 18.4 Å². The number of hydrogen-bond acceptors (Lipinski definition) is 1.